The topological polar surface area (TPSA) is 89.8 Å². The molecule has 7 nitrogen and oxygen atoms in total. The molecule has 3 rings (SSSR count). The Bertz CT molecular complexity index is 953. The molecule has 1 aromatic heterocycles. The molecule has 7 heteroatoms. The predicted molar refractivity (Wildman–Crippen MR) is 109 cm³/mol. The minimum absolute atomic E-state index is 0.335. The number of hydrogen-bond acceptors (Lipinski definition) is 6. The van der Waals surface area contributed by atoms with Crippen LogP contribution < -0.4 is 15.4 Å². The number of furan rings is 1. The Labute approximate surface area is 168 Å². The van der Waals surface area contributed by atoms with E-state index in [1.165, 1.54) is 0 Å². The predicted octanol–water partition coefficient (Wildman–Crippen LogP) is 4.09. The molecule has 0 fully saturated rings. The van der Waals surface area contributed by atoms with E-state index >= 15 is 0 Å². The van der Waals surface area contributed by atoms with Crippen LogP contribution in [0.4, 0.5) is 11.4 Å². The summed E-state index contributed by atoms with van der Waals surface area (Å²) in [5.74, 6) is 0.245. The zero-order valence-corrected chi connectivity index (χ0v) is 16.0. The number of benzene rings is 2. The van der Waals surface area contributed by atoms with Gasteiger partial charge >= 0.3 is 5.97 Å². The highest BCUT2D eigenvalue weighted by molar-refractivity contribution is 5.98. The van der Waals surface area contributed by atoms with Crippen molar-refractivity contribution in [2.45, 2.75) is 13.5 Å². The molecule has 0 saturated heterocycles. The number of hydrogen-bond donors (Lipinski definition) is 2. The lowest BCUT2D eigenvalue weighted by Gasteiger charge is -2.12. The molecule has 2 N–H and O–H groups in total. The van der Waals surface area contributed by atoms with Gasteiger partial charge in [0.25, 0.3) is 5.91 Å². The van der Waals surface area contributed by atoms with Crippen molar-refractivity contribution in [3.05, 3.63) is 78.3 Å². The van der Waals surface area contributed by atoms with Crippen LogP contribution in [0.1, 0.15) is 23.0 Å². The Morgan fingerprint density at radius 2 is 1.72 bits per heavy atom. The molecule has 29 heavy (non-hydrogen) atoms. The number of nitrogens with one attached hydrogen (secondary N) is 2. The van der Waals surface area contributed by atoms with E-state index in [0.29, 0.717) is 35.8 Å². The molecular weight excluding hydrogens is 372 g/mol. The van der Waals surface area contributed by atoms with Crippen LogP contribution in [0.25, 0.3) is 0 Å². The average Bonchev–Trinajstić information content (AvgIpc) is 3.26. The first-order valence-electron chi connectivity index (χ1n) is 9.21. The van der Waals surface area contributed by atoms with Gasteiger partial charge in [0.05, 0.1) is 30.7 Å². The van der Waals surface area contributed by atoms with Crippen molar-refractivity contribution in [1.29, 1.82) is 0 Å². The summed E-state index contributed by atoms with van der Waals surface area (Å²) in [6.07, 6.45) is 1.58. The van der Waals surface area contributed by atoms with E-state index in [-0.39, 0.29) is 0 Å². The van der Waals surface area contributed by atoms with Crippen LogP contribution in [0.5, 0.6) is 5.75 Å². The van der Waals surface area contributed by atoms with Crippen molar-refractivity contribution < 1.29 is 23.5 Å². The van der Waals surface area contributed by atoms with Gasteiger partial charge in [-0.1, -0.05) is 24.3 Å². The smallest absolute Gasteiger partial charge is 0.340 e. The van der Waals surface area contributed by atoms with Crippen LogP contribution in [0.2, 0.25) is 0 Å². The third kappa shape index (κ3) is 5.62. The highest BCUT2D eigenvalue weighted by Crippen LogP contribution is 2.23. The van der Waals surface area contributed by atoms with E-state index < -0.39 is 18.5 Å². The number of anilines is 2. The monoisotopic (exact) mass is 394 g/mol. The maximum atomic E-state index is 12.5. The molecule has 0 atom stereocenters. The first kappa shape index (κ1) is 20.0. The fourth-order valence-electron chi connectivity index (χ4n) is 2.66. The Balaban J connectivity index is 1.57. The summed E-state index contributed by atoms with van der Waals surface area (Å²) in [7, 11) is 0. The van der Waals surface area contributed by atoms with E-state index in [1.807, 2.05) is 19.1 Å². The first-order chi connectivity index (χ1) is 14.2. The molecular formula is C22H22N2O5. The molecule has 0 spiro atoms. The minimum Gasteiger partial charge on any atom is -0.492 e. The number of carbonyl (C=O) groups is 2. The van der Waals surface area contributed by atoms with Crippen LogP contribution in [-0.2, 0) is 16.1 Å². The maximum absolute atomic E-state index is 12.5. The van der Waals surface area contributed by atoms with Gasteiger partial charge in [-0.15, -0.1) is 0 Å². The van der Waals surface area contributed by atoms with Crippen LogP contribution in [0.3, 0.4) is 0 Å². The lowest BCUT2D eigenvalue weighted by Crippen LogP contribution is -2.21. The van der Waals surface area contributed by atoms with Crippen molar-refractivity contribution in [3.8, 4) is 5.75 Å². The molecule has 3 aromatic rings. The summed E-state index contributed by atoms with van der Waals surface area (Å²) in [6.45, 7) is 2.35. The highest BCUT2D eigenvalue weighted by Gasteiger charge is 2.15. The van der Waals surface area contributed by atoms with Crippen molar-refractivity contribution in [3.63, 3.8) is 0 Å². The van der Waals surface area contributed by atoms with E-state index in [1.54, 1.807) is 54.8 Å². The maximum Gasteiger partial charge on any atom is 0.340 e. The number of ether oxygens (including phenoxy) is 2. The molecule has 150 valence electrons. The van der Waals surface area contributed by atoms with E-state index in [0.717, 1.165) is 5.76 Å². The average molecular weight is 394 g/mol. The Kier molecular flexibility index (Phi) is 6.89. The Morgan fingerprint density at radius 3 is 2.48 bits per heavy atom. The Hall–Kier alpha value is -3.74. The number of esters is 1. The fourth-order valence-corrected chi connectivity index (χ4v) is 2.66. The van der Waals surface area contributed by atoms with Gasteiger partial charge in [0, 0.05) is 5.69 Å². The van der Waals surface area contributed by atoms with E-state index in [9.17, 15) is 9.59 Å². The second kappa shape index (κ2) is 9.98. The fraction of sp³-hybridized carbons (Fsp3) is 0.182. The van der Waals surface area contributed by atoms with Gasteiger partial charge in [-0.05, 0) is 43.3 Å². The molecule has 0 saturated carbocycles. The number of rotatable bonds is 9. The van der Waals surface area contributed by atoms with Crippen LogP contribution in [0, 0.1) is 0 Å². The van der Waals surface area contributed by atoms with E-state index in [4.69, 9.17) is 13.9 Å². The van der Waals surface area contributed by atoms with Gasteiger partial charge < -0.3 is 24.5 Å². The van der Waals surface area contributed by atoms with Crippen molar-refractivity contribution in [2.75, 3.05) is 23.8 Å². The summed E-state index contributed by atoms with van der Waals surface area (Å²) in [6, 6.07) is 17.6. The SMILES string of the molecule is CCOc1ccccc1NC(=O)COC(=O)c1ccccc1NCc1ccco1. The molecule has 1 heterocycles. The number of carbonyl (C=O) groups excluding carboxylic acids is 2. The van der Waals surface area contributed by atoms with Gasteiger partial charge in [0.2, 0.25) is 0 Å². The van der Waals surface area contributed by atoms with Crippen molar-refractivity contribution in [1.82, 2.24) is 0 Å². The number of amides is 1. The molecule has 0 aliphatic rings. The molecule has 0 aliphatic heterocycles. The van der Waals surface area contributed by atoms with Crippen molar-refractivity contribution >= 4 is 23.3 Å². The normalized spacial score (nSPS) is 10.2. The summed E-state index contributed by atoms with van der Waals surface area (Å²) < 4.78 is 15.9. The molecule has 0 unspecified atom stereocenters. The zero-order chi connectivity index (χ0) is 20.5. The summed E-state index contributed by atoms with van der Waals surface area (Å²) in [5, 5.41) is 5.83. The lowest BCUT2D eigenvalue weighted by molar-refractivity contribution is -0.119. The summed E-state index contributed by atoms with van der Waals surface area (Å²) in [4.78, 5) is 24.7. The largest absolute Gasteiger partial charge is 0.492 e. The lowest BCUT2D eigenvalue weighted by atomic mass is 10.2. The second-order valence-corrected chi connectivity index (χ2v) is 6.03. The van der Waals surface area contributed by atoms with Gasteiger partial charge in [0.1, 0.15) is 11.5 Å². The van der Waals surface area contributed by atoms with Crippen LogP contribution in [0.15, 0.2) is 71.3 Å². The molecule has 0 aliphatic carbocycles. The molecule has 2 aromatic carbocycles. The second-order valence-electron chi connectivity index (χ2n) is 6.03. The summed E-state index contributed by atoms with van der Waals surface area (Å²) in [5.41, 5.74) is 1.45. The van der Waals surface area contributed by atoms with E-state index in [2.05, 4.69) is 10.6 Å². The third-order valence-electron chi connectivity index (χ3n) is 3.98. The quantitative estimate of drug-likeness (QED) is 0.532. The molecule has 0 bridgehead atoms. The minimum atomic E-state index is -0.596. The Morgan fingerprint density at radius 1 is 0.966 bits per heavy atom. The zero-order valence-electron chi connectivity index (χ0n) is 16.0. The van der Waals surface area contributed by atoms with Gasteiger partial charge in [-0.2, -0.15) is 0 Å². The number of para-hydroxylation sites is 3. The van der Waals surface area contributed by atoms with Gasteiger partial charge in [0.15, 0.2) is 6.61 Å². The van der Waals surface area contributed by atoms with Gasteiger partial charge in [-0.3, -0.25) is 4.79 Å². The van der Waals surface area contributed by atoms with Crippen LogP contribution >= 0.6 is 0 Å². The standard InChI is InChI=1S/C22H22N2O5/c1-2-27-20-12-6-5-11-19(20)24-21(25)15-29-22(26)17-9-3-4-10-18(17)23-14-16-8-7-13-28-16/h3-13,23H,2,14-15H2,1H3,(H,24,25). The summed E-state index contributed by atoms with van der Waals surface area (Å²) >= 11 is 0. The first-order valence-corrected chi connectivity index (χ1v) is 9.21. The molecule has 0 radical (unpaired) electrons. The van der Waals surface area contributed by atoms with Gasteiger partial charge in [-0.25, -0.2) is 4.79 Å². The third-order valence-corrected chi connectivity index (χ3v) is 3.98. The highest BCUT2D eigenvalue weighted by atomic mass is 16.5. The molecule has 1 amide bonds. The van der Waals surface area contributed by atoms with Crippen molar-refractivity contribution in [2.24, 2.45) is 0 Å². The van der Waals surface area contributed by atoms with Crippen LogP contribution in [-0.4, -0.2) is 25.1 Å².